The van der Waals surface area contributed by atoms with Crippen molar-refractivity contribution in [2.24, 2.45) is 11.8 Å². The molecule has 2 aliphatic heterocycles. The van der Waals surface area contributed by atoms with Gasteiger partial charge in [0, 0.05) is 12.5 Å². The van der Waals surface area contributed by atoms with Gasteiger partial charge in [0.25, 0.3) is 11.7 Å². The summed E-state index contributed by atoms with van der Waals surface area (Å²) in [6.07, 6.45) is 6.60. The van der Waals surface area contributed by atoms with Crippen LogP contribution in [0.15, 0.2) is 23.8 Å². The number of likely N-dealkylation sites (tertiary alicyclic amines) is 1. The normalized spacial score (nSPS) is 34.7. The van der Waals surface area contributed by atoms with Crippen LogP contribution in [0.4, 0.5) is 0 Å². The lowest BCUT2D eigenvalue weighted by molar-refractivity contribution is -0.263. The first kappa shape index (κ1) is 25.6. The SMILES string of the molecule is CCC1CCC(C)C(O)(C(=O)C(=O)N2CCCCC2C(=O)OC2C=CC(C(C)C)=CC2O)O1. The van der Waals surface area contributed by atoms with Crippen LogP contribution in [0.2, 0.25) is 0 Å². The number of amides is 1. The molecule has 2 fully saturated rings. The van der Waals surface area contributed by atoms with Crippen molar-refractivity contribution in [1.29, 1.82) is 0 Å². The molecule has 6 unspecified atom stereocenters. The van der Waals surface area contributed by atoms with E-state index in [9.17, 15) is 24.6 Å². The first-order valence-corrected chi connectivity index (χ1v) is 12.1. The zero-order valence-electron chi connectivity index (χ0n) is 20.0. The number of ketones is 1. The van der Waals surface area contributed by atoms with Crippen LogP contribution in [-0.2, 0) is 23.9 Å². The highest BCUT2D eigenvalue weighted by atomic mass is 16.6. The van der Waals surface area contributed by atoms with Gasteiger partial charge in [0.15, 0.2) is 0 Å². The topological polar surface area (TPSA) is 113 Å². The highest BCUT2D eigenvalue weighted by Crippen LogP contribution is 2.35. The van der Waals surface area contributed by atoms with Crippen molar-refractivity contribution in [3.8, 4) is 0 Å². The highest BCUT2D eigenvalue weighted by Gasteiger charge is 2.52. The minimum atomic E-state index is -2.19. The molecule has 3 aliphatic rings. The van der Waals surface area contributed by atoms with Crippen LogP contribution in [0.3, 0.4) is 0 Å². The van der Waals surface area contributed by atoms with Crippen molar-refractivity contribution < 1.29 is 34.1 Å². The maximum atomic E-state index is 13.2. The molecule has 1 aliphatic carbocycles. The predicted octanol–water partition coefficient (Wildman–Crippen LogP) is 2.28. The van der Waals surface area contributed by atoms with Crippen molar-refractivity contribution in [1.82, 2.24) is 4.90 Å². The zero-order chi connectivity index (χ0) is 24.3. The van der Waals surface area contributed by atoms with E-state index in [1.165, 1.54) is 4.90 Å². The number of carbonyl (C=O) groups is 3. The van der Waals surface area contributed by atoms with Crippen LogP contribution in [0, 0.1) is 11.8 Å². The van der Waals surface area contributed by atoms with Gasteiger partial charge in [-0.25, -0.2) is 4.79 Å². The third-order valence-corrected chi connectivity index (χ3v) is 7.04. The lowest BCUT2D eigenvalue weighted by Crippen LogP contribution is -2.60. The number of nitrogens with zero attached hydrogens (tertiary/aromatic N) is 1. The Kier molecular flexibility index (Phi) is 8.13. The number of allylic oxidation sites excluding steroid dienone is 2. The molecule has 1 amide bonds. The second-order valence-corrected chi connectivity index (χ2v) is 9.73. The van der Waals surface area contributed by atoms with Gasteiger partial charge in [0.1, 0.15) is 18.2 Å². The van der Waals surface area contributed by atoms with E-state index in [1.54, 1.807) is 19.1 Å². The van der Waals surface area contributed by atoms with Crippen LogP contribution >= 0.6 is 0 Å². The molecule has 33 heavy (non-hydrogen) atoms. The molecule has 2 saturated heterocycles. The number of aliphatic hydroxyl groups excluding tert-OH is 1. The number of Topliss-reactive ketones (excluding diaryl/α,β-unsaturated/α-hetero) is 1. The molecular formula is C25H37NO7. The lowest BCUT2D eigenvalue weighted by atomic mass is 9.86. The molecule has 0 aromatic carbocycles. The highest BCUT2D eigenvalue weighted by molar-refractivity contribution is 6.39. The molecule has 2 N–H and O–H groups in total. The van der Waals surface area contributed by atoms with E-state index >= 15 is 0 Å². The molecule has 8 nitrogen and oxygen atoms in total. The van der Waals surface area contributed by atoms with E-state index in [0.29, 0.717) is 38.5 Å². The summed E-state index contributed by atoms with van der Waals surface area (Å²) in [7, 11) is 0. The van der Waals surface area contributed by atoms with Gasteiger partial charge in [-0.05, 0) is 62.2 Å². The Morgan fingerprint density at radius 1 is 1.24 bits per heavy atom. The monoisotopic (exact) mass is 463 g/mol. The fourth-order valence-corrected chi connectivity index (χ4v) is 4.70. The second-order valence-electron chi connectivity index (χ2n) is 9.73. The summed E-state index contributed by atoms with van der Waals surface area (Å²) in [5, 5.41) is 21.4. The number of rotatable bonds is 6. The van der Waals surface area contributed by atoms with Crippen molar-refractivity contribution in [3.63, 3.8) is 0 Å². The fourth-order valence-electron chi connectivity index (χ4n) is 4.70. The number of hydrogen-bond acceptors (Lipinski definition) is 7. The standard InChI is InChI=1S/C25H37NO7/c1-5-18-11-9-16(4)25(31,33-18)22(28)23(29)26-13-7-6-8-19(26)24(30)32-21-12-10-17(15(2)3)14-20(21)27/h10,12,14-16,18-21,27,31H,5-9,11,13H2,1-4H3. The van der Waals surface area contributed by atoms with Gasteiger partial charge in [0.05, 0.1) is 6.10 Å². The average molecular weight is 464 g/mol. The fraction of sp³-hybridized carbons (Fsp3) is 0.720. The minimum Gasteiger partial charge on any atom is -0.453 e. The molecule has 6 atom stereocenters. The van der Waals surface area contributed by atoms with Gasteiger partial charge in [-0.15, -0.1) is 0 Å². The van der Waals surface area contributed by atoms with Gasteiger partial charge in [-0.3, -0.25) is 9.59 Å². The first-order valence-electron chi connectivity index (χ1n) is 12.1. The minimum absolute atomic E-state index is 0.215. The largest absolute Gasteiger partial charge is 0.453 e. The number of piperidine rings is 1. The molecule has 0 aromatic heterocycles. The molecule has 0 radical (unpaired) electrons. The molecule has 0 bridgehead atoms. The molecule has 3 rings (SSSR count). The van der Waals surface area contributed by atoms with E-state index < -0.39 is 47.6 Å². The summed E-state index contributed by atoms with van der Waals surface area (Å²) in [5.74, 6) is -5.12. The quantitative estimate of drug-likeness (QED) is 0.459. The van der Waals surface area contributed by atoms with E-state index in [1.807, 2.05) is 26.8 Å². The number of ether oxygens (including phenoxy) is 2. The number of esters is 1. The van der Waals surface area contributed by atoms with Crippen molar-refractivity contribution in [2.75, 3.05) is 6.54 Å². The van der Waals surface area contributed by atoms with Crippen LogP contribution in [0.5, 0.6) is 0 Å². The summed E-state index contributed by atoms with van der Waals surface area (Å²) < 4.78 is 11.2. The lowest BCUT2D eigenvalue weighted by Gasteiger charge is -2.42. The maximum absolute atomic E-state index is 13.2. The first-order chi connectivity index (χ1) is 15.6. The molecule has 8 heteroatoms. The van der Waals surface area contributed by atoms with Crippen LogP contribution in [0.1, 0.15) is 66.2 Å². The van der Waals surface area contributed by atoms with Crippen molar-refractivity contribution >= 4 is 17.7 Å². The molecule has 2 heterocycles. The number of aliphatic hydroxyl groups is 2. The van der Waals surface area contributed by atoms with Gasteiger partial charge < -0.3 is 24.6 Å². The van der Waals surface area contributed by atoms with Crippen LogP contribution < -0.4 is 0 Å². The smallest absolute Gasteiger partial charge is 0.329 e. The Morgan fingerprint density at radius 3 is 2.61 bits per heavy atom. The van der Waals surface area contributed by atoms with E-state index in [2.05, 4.69) is 0 Å². The molecule has 0 saturated carbocycles. The third kappa shape index (κ3) is 5.39. The van der Waals surface area contributed by atoms with Gasteiger partial charge in [-0.2, -0.15) is 0 Å². The summed E-state index contributed by atoms with van der Waals surface area (Å²) in [6, 6.07) is -0.948. The van der Waals surface area contributed by atoms with Gasteiger partial charge in [0.2, 0.25) is 5.79 Å². The molecule has 0 aromatic rings. The Morgan fingerprint density at radius 2 is 1.97 bits per heavy atom. The Balaban J connectivity index is 1.72. The Hall–Kier alpha value is -2.03. The van der Waals surface area contributed by atoms with Crippen molar-refractivity contribution in [3.05, 3.63) is 23.8 Å². The van der Waals surface area contributed by atoms with Gasteiger partial charge in [-0.1, -0.05) is 33.8 Å². The molecule has 0 spiro atoms. The average Bonchev–Trinajstić information content (AvgIpc) is 2.81. The van der Waals surface area contributed by atoms with E-state index in [-0.39, 0.29) is 18.6 Å². The van der Waals surface area contributed by atoms with Crippen molar-refractivity contribution in [2.45, 2.75) is 96.4 Å². The van der Waals surface area contributed by atoms with Crippen LogP contribution in [0.25, 0.3) is 0 Å². The maximum Gasteiger partial charge on any atom is 0.329 e. The second kappa shape index (κ2) is 10.5. The zero-order valence-corrected chi connectivity index (χ0v) is 20.0. The summed E-state index contributed by atoms with van der Waals surface area (Å²) in [5.41, 5.74) is 0.954. The summed E-state index contributed by atoms with van der Waals surface area (Å²) in [6.45, 7) is 7.81. The predicted molar refractivity (Wildman–Crippen MR) is 121 cm³/mol. The summed E-state index contributed by atoms with van der Waals surface area (Å²) >= 11 is 0. The third-order valence-electron chi connectivity index (χ3n) is 7.04. The molecular weight excluding hydrogens is 426 g/mol. The number of hydrogen-bond donors (Lipinski definition) is 2. The van der Waals surface area contributed by atoms with E-state index in [0.717, 1.165) is 5.57 Å². The Labute approximate surface area is 195 Å². The van der Waals surface area contributed by atoms with Gasteiger partial charge >= 0.3 is 5.97 Å². The number of carbonyl (C=O) groups excluding carboxylic acids is 3. The van der Waals surface area contributed by atoms with Crippen LogP contribution in [-0.4, -0.2) is 69.5 Å². The van der Waals surface area contributed by atoms with E-state index in [4.69, 9.17) is 9.47 Å². The summed E-state index contributed by atoms with van der Waals surface area (Å²) in [4.78, 5) is 40.5. The molecule has 184 valence electrons. The Bertz CT molecular complexity index is 820.